The highest BCUT2D eigenvalue weighted by molar-refractivity contribution is 5.95. The lowest BCUT2D eigenvalue weighted by Crippen LogP contribution is -2.47. The molecule has 0 unspecified atom stereocenters. The quantitative estimate of drug-likeness (QED) is 0.425. The first kappa shape index (κ1) is 23.0. The van der Waals surface area contributed by atoms with Crippen LogP contribution < -0.4 is 0 Å². The summed E-state index contributed by atoms with van der Waals surface area (Å²) in [6.07, 6.45) is 0.684. The number of fused-ring (bicyclic) bond motifs is 1. The number of aromatic nitrogens is 3. The average Bonchev–Trinajstić information content (AvgIpc) is 3.27. The van der Waals surface area contributed by atoms with Crippen LogP contribution in [0.4, 0.5) is 13.2 Å². The van der Waals surface area contributed by atoms with Gasteiger partial charge in [-0.1, -0.05) is 18.2 Å². The van der Waals surface area contributed by atoms with E-state index in [-0.39, 0.29) is 5.91 Å². The Morgan fingerprint density at radius 3 is 2.31 bits per heavy atom. The fourth-order valence-corrected chi connectivity index (χ4v) is 4.35. The van der Waals surface area contributed by atoms with E-state index in [1.165, 1.54) is 12.1 Å². The topological polar surface area (TPSA) is 53.7 Å². The number of nitrogens with zero attached hydrogens (tertiary/aromatic N) is 5. The molecule has 0 spiro atoms. The first-order chi connectivity index (χ1) is 16.7. The van der Waals surface area contributed by atoms with Gasteiger partial charge in [-0.3, -0.25) is 14.2 Å². The number of rotatable bonds is 3. The molecule has 0 saturated carbocycles. The third-order valence-electron chi connectivity index (χ3n) is 6.44. The summed E-state index contributed by atoms with van der Waals surface area (Å²) in [6, 6.07) is 10.6. The molecule has 6 nitrogen and oxygen atoms in total. The lowest BCUT2D eigenvalue weighted by molar-refractivity contribution is -0.137. The minimum atomic E-state index is -4.38. The molecule has 1 saturated heterocycles. The Morgan fingerprint density at radius 2 is 1.66 bits per heavy atom. The average molecular weight is 480 g/mol. The molecule has 2 aromatic heterocycles. The third kappa shape index (κ3) is 4.51. The van der Waals surface area contributed by atoms with E-state index in [1.54, 1.807) is 12.4 Å². The molecule has 0 bridgehead atoms. The standard InChI is InChI=1S/C26H24F3N5O/c1-17-13-19(25(35)33-11-9-32(2)10-12-33)5-8-21(17)22-16-34-23(14-31-24(34)15-30-22)18-3-6-20(7-4-18)26(27,28)29/h3-8,13-16H,9-12H2,1-2H3. The number of likely N-dealkylation sites (N-methyl/N-ethyl adjacent to an activating group) is 1. The summed E-state index contributed by atoms with van der Waals surface area (Å²) >= 11 is 0. The molecular formula is C26H24F3N5O. The lowest BCUT2D eigenvalue weighted by atomic mass is 10.0. The van der Waals surface area contributed by atoms with Crippen molar-refractivity contribution in [3.05, 3.63) is 77.7 Å². The zero-order chi connectivity index (χ0) is 24.7. The Labute approximate surface area is 200 Å². The van der Waals surface area contributed by atoms with Crippen molar-refractivity contribution in [3.63, 3.8) is 0 Å². The molecule has 4 aromatic rings. The normalized spacial score (nSPS) is 15.1. The Hall–Kier alpha value is -3.72. The number of hydrogen-bond donors (Lipinski definition) is 0. The van der Waals surface area contributed by atoms with Gasteiger partial charge >= 0.3 is 6.18 Å². The van der Waals surface area contributed by atoms with Gasteiger partial charge in [0.05, 0.1) is 29.3 Å². The molecule has 0 atom stereocenters. The summed E-state index contributed by atoms with van der Waals surface area (Å²) < 4.78 is 40.6. The number of halogens is 3. The van der Waals surface area contributed by atoms with Gasteiger partial charge in [-0.2, -0.15) is 13.2 Å². The zero-order valence-electron chi connectivity index (χ0n) is 19.4. The SMILES string of the molecule is Cc1cc(C(=O)N2CCN(C)CC2)ccc1-c1cn2c(-c3ccc(C(F)(F)F)cc3)cnc2cn1. The molecule has 1 aliphatic rings. The van der Waals surface area contributed by atoms with Gasteiger partial charge in [-0.25, -0.2) is 4.98 Å². The number of benzene rings is 2. The van der Waals surface area contributed by atoms with Crippen molar-refractivity contribution >= 4 is 11.6 Å². The van der Waals surface area contributed by atoms with Crippen molar-refractivity contribution < 1.29 is 18.0 Å². The molecule has 1 fully saturated rings. The number of amides is 1. The van der Waals surface area contributed by atoms with Crippen molar-refractivity contribution in [2.45, 2.75) is 13.1 Å². The van der Waals surface area contributed by atoms with Crippen LogP contribution in [0.1, 0.15) is 21.5 Å². The van der Waals surface area contributed by atoms with E-state index >= 15 is 0 Å². The van der Waals surface area contributed by atoms with Gasteiger partial charge in [0, 0.05) is 49.1 Å². The number of carbonyl (C=O) groups is 1. The van der Waals surface area contributed by atoms with Crippen LogP contribution in [-0.4, -0.2) is 63.3 Å². The molecule has 0 radical (unpaired) electrons. The second-order valence-electron chi connectivity index (χ2n) is 8.84. The van der Waals surface area contributed by atoms with Gasteiger partial charge in [-0.15, -0.1) is 0 Å². The Bertz CT molecular complexity index is 1390. The number of carbonyl (C=O) groups excluding carboxylic acids is 1. The molecule has 1 aliphatic heterocycles. The van der Waals surface area contributed by atoms with E-state index in [2.05, 4.69) is 14.9 Å². The van der Waals surface area contributed by atoms with Crippen LogP contribution in [0.3, 0.4) is 0 Å². The van der Waals surface area contributed by atoms with Gasteiger partial charge in [0.25, 0.3) is 5.91 Å². The monoisotopic (exact) mass is 479 g/mol. The van der Waals surface area contributed by atoms with Crippen LogP contribution >= 0.6 is 0 Å². The molecule has 2 aromatic carbocycles. The molecule has 0 N–H and O–H groups in total. The number of piperazine rings is 1. The smallest absolute Gasteiger partial charge is 0.336 e. The number of aryl methyl sites for hydroxylation is 1. The van der Waals surface area contributed by atoms with E-state index in [9.17, 15) is 18.0 Å². The summed E-state index contributed by atoms with van der Waals surface area (Å²) in [7, 11) is 2.05. The van der Waals surface area contributed by atoms with E-state index in [0.717, 1.165) is 36.3 Å². The second kappa shape index (κ2) is 8.81. The largest absolute Gasteiger partial charge is 0.416 e. The molecule has 1 amide bonds. The fraction of sp³-hybridized carbons (Fsp3) is 0.269. The van der Waals surface area contributed by atoms with E-state index < -0.39 is 11.7 Å². The molecular weight excluding hydrogens is 455 g/mol. The van der Waals surface area contributed by atoms with Gasteiger partial charge in [0.1, 0.15) is 0 Å². The molecule has 3 heterocycles. The van der Waals surface area contributed by atoms with Crippen molar-refractivity contribution in [2.75, 3.05) is 33.2 Å². The van der Waals surface area contributed by atoms with Crippen molar-refractivity contribution in [2.24, 2.45) is 0 Å². The van der Waals surface area contributed by atoms with Gasteiger partial charge in [0.2, 0.25) is 0 Å². The van der Waals surface area contributed by atoms with Crippen LogP contribution in [-0.2, 0) is 6.18 Å². The van der Waals surface area contributed by atoms with E-state index in [0.29, 0.717) is 41.3 Å². The molecule has 180 valence electrons. The van der Waals surface area contributed by atoms with Gasteiger partial charge in [0.15, 0.2) is 5.65 Å². The van der Waals surface area contributed by atoms with Crippen molar-refractivity contribution in [3.8, 4) is 22.5 Å². The van der Waals surface area contributed by atoms with Gasteiger partial charge < -0.3 is 9.80 Å². The van der Waals surface area contributed by atoms with Crippen LogP contribution in [0.15, 0.2) is 61.1 Å². The summed E-state index contributed by atoms with van der Waals surface area (Å²) in [5.74, 6) is 0.0235. The summed E-state index contributed by atoms with van der Waals surface area (Å²) in [5.41, 5.74) is 4.28. The fourth-order valence-electron chi connectivity index (χ4n) is 4.35. The maximum absolute atomic E-state index is 12.9. The van der Waals surface area contributed by atoms with Crippen LogP contribution in [0.5, 0.6) is 0 Å². The molecule has 35 heavy (non-hydrogen) atoms. The Balaban J connectivity index is 1.45. The maximum atomic E-state index is 12.9. The van der Waals surface area contributed by atoms with E-state index in [4.69, 9.17) is 0 Å². The number of alkyl halides is 3. The number of hydrogen-bond acceptors (Lipinski definition) is 4. The lowest BCUT2D eigenvalue weighted by Gasteiger charge is -2.32. The molecule has 5 rings (SSSR count). The van der Waals surface area contributed by atoms with Crippen LogP contribution in [0, 0.1) is 6.92 Å². The third-order valence-corrected chi connectivity index (χ3v) is 6.44. The predicted molar refractivity (Wildman–Crippen MR) is 127 cm³/mol. The summed E-state index contributed by atoms with van der Waals surface area (Å²) in [4.78, 5) is 25.9. The summed E-state index contributed by atoms with van der Waals surface area (Å²) in [6.45, 7) is 5.08. The highest BCUT2D eigenvalue weighted by atomic mass is 19.4. The minimum Gasteiger partial charge on any atom is -0.336 e. The Morgan fingerprint density at radius 1 is 0.943 bits per heavy atom. The highest BCUT2D eigenvalue weighted by Crippen LogP contribution is 2.32. The van der Waals surface area contributed by atoms with Crippen LogP contribution in [0.2, 0.25) is 0 Å². The first-order valence-corrected chi connectivity index (χ1v) is 11.3. The minimum absolute atomic E-state index is 0.0235. The predicted octanol–water partition coefficient (Wildman–Crippen LogP) is 4.78. The van der Waals surface area contributed by atoms with Crippen molar-refractivity contribution in [1.82, 2.24) is 24.2 Å². The second-order valence-corrected chi connectivity index (χ2v) is 8.84. The maximum Gasteiger partial charge on any atom is 0.416 e. The summed E-state index contributed by atoms with van der Waals surface area (Å²) in [5, 5.41) is 0. The highest BCUT2D eigenvalue weighted by Gasteiger charge is 2.30. The molecule has 9 heteroatoms. The first-order valence-electron chi connectivity index (χ1n) is 11.3. The van der Waals surface area contributed by atoms with Crippen molar-refractivity contribution in [1.29, 1.82) is 0 Å². The Kier molecular flexibility index (Phi) is 5.80. The molecule has 0 aliphatic carbocycles. The van der Waals surface area contributed by atoms with E-state index in [1.807, 2.05) is 47.7 Å². The van der Waals surface area contributed by atoms with Crippen LogP contribution in [0.25, 0.3) is 28.2 Å². The van der Waals surface area contributed by atoms with Gasteiger partial charge in [-0.05, 0) is 43.8 Å². The number of imidazole rings is 1. The zero-order valence-corrected chi connectivity index (χ0v) is 19.4.